The molecule has 0 aromatic heterocycles. The predicted molar refractivity (Wildman–Crippen MR) is 75.2 cm³/mol. The molecule has 3 N–H and O–H groups in total. The fraction of sp³-hybridized carbons (Fsp3) is 0.167. The molecule has 0 aliphatic carbocycles. The third-order valence-electron chi connectivity index (χ3n) is 2.79. The Kier molecular flexibility index (Phi) is 3.60. The molecule has 7 nitrogen and oxygen atoms in total. The topological polar surface area (TPSA) is 114 Å². The van der Waals surface area contributed by atoms with Crippen LogP contribution in [0.1, 0.15) is 0 Å². The second-order valence-electron chi connectivity index (χ2n) is 4.00. The number of methoxy groups -OCH3 is 1. The van der Waals surface area contributed by atoms with Crippen LogP contribution >= 0.6 is 0 Å². The molecule has 8 heteroatoms. The van der Waals surface area contributed by atoms with E-state index in [1.165, 1.54) is 38.4 Å². The van der Waals surface area contributed by atoms with Gasteiger partial charge in [-0.05, 0) is 12.1 Å². The number of benzene rings is 2. The van der Waals surface area contributed by atoms with Crippen molar-refractivity contribution in [1.29, 1.82) is 0 Å². The maximum atomic E-state index is 11.2. The number of ether oxygens (including phenoxy) is 1. The lowest BCUT2D eigenvalue weighted by molar-refractivity contribution is 0.416. The van der Waals surface area contributed by atoms with Crippen LogP contribution in [0.25, 0.3) is 10.8 Å². The van der Waals surface area contributed by atoms with Crippen molar-refractivity contribution in [2.45, 2.75) is 4.90 Å². The highest BCUT2D eigenvalue weighted by atomic mass is 32.2. The highest BCUT2D eigenvalue weighted by Gasteiger charge is 2.15. The summed E-state index contributed by atoms with van der Waals surface area (Å²) in [7, 11) is -1.31. The number of anilines is 1. The molecule has 0 radical (unpaired) electrons. The van der Waals surface area contributed by atoms with E-state index in [4.69, 9.17) is 15.0 Å². The van der Waals surface area contributed by atoms with Crippen LogP contribution in [0.2, 0.25) is 0 Å². The summed E-state index contributed by atoms with van der Waals surface area (Å²) < 4.78 is 36.6. The Hall–Kier alpha value is -2.19. The summed E-state index contributed by atoms with van der Waals surface area (Å²) in [6.07, 6.45) is 0. The third-order valence-corrected chi connectivity index (χ3v) is 3.64. The van der Waals surface area contributed by atoms with Crippen LogP contribution in [0, 0.1) is 0 Å². The van der Waals surface area contributed by atoms with Gasteiger partial charge in [0.15, 0.2) is 0 Å². The smallest absolute Gasteiger partial charge is 0.294 e. The zero-order chi connectivity index (χ0) is 14.9. The van der Waals surface area contributed by atoms with E-state index in [1.807, 2.05) is 0 Å². The van der Waals surface area contributed by atoms with Crippen molar-refractivity contribution < 1.29 is 17.7 Å². The number of hydrogen-bond donors (Lipinski definition) is 2. The van der Waals surface area contributed by atoms with Crippen LogP contribution in [0.15, 0.2) is 39.4 Å². The number of nitrogens with zero attached hydrogens (tertiary/aromatic N) is 2. The maximum Gasteiger partial charge on any atom is 0.294 e. The molecule has 0 saturated carbocycles. The Morgan fingerprint density at radius 3 is 2.50 bits per heavy atom. The Bertz CT molecular complexity index is 800. The van der Waals surface area contributed by atoms with E-state index in [1.54, 1.807) is 0 Å². The summed E-state index contributed by atoms with van der Waals surface area (Å²) in [6, 6.07) is 5.58. The summed E-state index contributed by atoms with van der Waals surface area (Å²) in [5, 5.41) is 8.70. The van der Waals surface area contributed by atoms with Gasteiger partial charge in [0, 0.05) is 29.6 Å². The molecule has 0 amide bonds. The first-order valence-electron chi connectivity index (χ1n) is 5.56. The highest BCUT2D eigenvalue weighted by molar-refractivity contribution is 7.85. The van der Waals surface area contributed by atoms with Crippen LogP contribution in [-0.2, 0) is 10.1 Å². The lowest BCUT2D eigenvalue weighted by Gasteiger charge is -2.11. The van der Waals surface area contributed by atoms with Crippen LogP contribution in [0.3, 0.4) is 0 Å². The van der Waals surface area contributed by atoms with E-state index in [2.05, 4.69) is 10.2 Å². The number of hydrogen-bond acceptors (Lipinski definition) is 6. The van der Waals surface area contributed by atoms with Gasteiger partial charge in [0.2, 0.25) is 0 Å². The second-order valence-corrected chi connectivity index (χ2v) is 5.42. The molecular weight excluding hydrogens is 282 g/mol. The summed E-state index contributed by atoms with van der Waals surface area (Å²) in [5.41, 5.74) is 6.64. The minimum absolute atomic E-state index is 0.235. The number of azo groups is 1. The van der Waals surface area contributed by atoms with Crippen molar-refractivity contribution in [3.8, 4) is 5.75 Å². The lowest BCUT2D eigenvalue weighted by atomic mass is 10.1. The molecule has 0 unspecified atom stereocenters. The minimum Gasteiger partial charge on any atom is -0.494 e. The number of nitrogen functional groups attached to an aromatic ring is 1. The highest BCUT2D eigenvalue weighted by Crippen LogP contribution is 2.40. The van der Waals surface area contributed by atoms with Crippen molar-refractivity contribution >= 4 is 32.3 Å². The van der Waals surface area contributed by atoms with E-state index >= 15 is 0 Å². The molecule has 2 aromatic rings. The maximum absolute atomic E-state index is 11.2. The van der Waals surface area contributed by atoms with Crippen molar-refractivity contribution in [3.05, 3.63) is 24.3 Å². The van der Waals surface area contributed by atoms with Crippen LogP contribution in [0.4, 0.5) is 11.4 Å². The normalized spacial score (nSPS) is 12.2. The van der Waals surface area contributed by atoms with E-state index in [9.17, 15) is 8.42 Å². The average molecular weight is 295 g/mol. The molecule has 0 aliphatic rings. The third kappa shape index (κ3) is 2.43. The van der Waals surface area contributed by atoms with Crippen LogP contribution in [-0.4, -0.2) is 27.1 Å². The molecular formula is C12H13N3O4S. The standard InChI is InChI=1S/C12H13N3O4S/c1-14-15-12-8-4-3-7(20(16,17)18)5-9(8)10(13)6-11(12)19-2/h3-6H,13H2,1-2H3,(H,16,17,18). The molecule has 0 aliphatic heterocycles. The van der Waals surface area contributed by atoms with Gasteiger partial charge in [0.05, 0.1) is 12.0 Å². The summed E-state index contributed by atoms with van der Waals surface area (Å²) in [4.78, 5) is -0.235. The molecule has 0 atom stereocenters. The van der Waals surface area contributed by atoms with Gasteiger partial charge in [-0.3, -0.25) is 4.55 Å². The molecule has 0 heterocycles. The first-order chi connectivity index (χ1) is 9.38. The number of nitrogens with two attached hydrogens (primary N) is 1. The molecule has 0 spiro atoms. The molecule has 0 bridgehead atoms. The van der Waals surface area contributed by atoms with Crippen LogP contribution in [0.5, 0.6) is 5.75 Å². The lowest BCUT2D eigenvalue weighted by Crippen LogP contribution is -1.99. The Morgan fingerprint density at radius 2 is 1.95 bits per heavy atom. The van der Waals surface area contributed by atoms with Gasteiger partial charge >= 0.3 is 0 Å². The largest absolute Gasteiger partial charge is 0.494 e. The summed E-state index contributed by atoms with van der Waals surface area (Å²) in [6.45, 7) is 0. The van der Waals surface area contributed by atoms with Crippen molar-refractivity contribution in [1.82, 2.24) is 0 Å². The predicted octanol–water partition coefficient (Wildman–Crippen LogP) is 2.39. The van der Waals surface area contributed by atoms with Gasteiger partial charge < -0.3 is 10.5 Å². The van der Waals surface area contributed by atoms with Gasteiger partial charge in [-0.1, -0.05) is 6.07 Å². The van der Waals surface area contributed by atoms with Crippen molar-refractivity contribution in [3.63, 3.8) is 0 Å². The van der Waals surface area contributed by atoms with E-state index in [0.717, 1.165) is 0 Å². The van der Waals surface area contributed by atoms with Crippen molar-refractivity contribution in [2.24, 2.45) is 10.2 Å². The van der Waals surface area contributed by atoms with Crippen LogP contribution < -0.4 is 10.5 Å². The Labute approximate surface area is 115 Å². The molecule has 0 saturated heterocycles. The van der Waals surface area contributed by atoms with E-state index in [-0.39, 0.29) is 4.90 Å². The summed E-state index contributed by atoms with van der Waals surface area (Å²) in [5.74, 6) is 0.431. The van der Waals surface area contributed by atoms with E-state index < -0.39 is 10.1 Å². The van der Waals surface area contributed by atoms with Gasteiger partial charge in [-0.25, -0.2) is 0 Å². The molecule has 2 aromatic carbocycles. The Morgan fingerprint density at radius 1 is 1.25 bits per heavy atom. The zero-order valence-corrected chi connectivity index (χ0v) is 11.7. The van der Waals surface area contributed by atoms with E-state index in [0.29, 0.717) is 27.9 Å². The summed E-state index contributed by atoms with van der Waals surface area (Å²) >= 11 is 0. The molecule has 20 heavy (non-hydrogen) atoms. The SMILES string of the molecule is CN=Nc1c(OC)cc(N)c2cc(S(=O)(=O)O)ccc12. The second kappa shape index (κ2) is 5.06. The first-order valence-corrected chi connectivity index (χ1v) is 7.00. The van der Waals surface area contributed by atoms with Gasteiger partial charge in [-0.2, -0.15) is 18.6 Å². The fourth-order valence-corrected chi connectivity index (χ4v) is 2.41. The van der Waals surface area contributed by atoms with Crippen molar-refractivity contribution in [2.75, 3.05) is 19.9 Å². The monoisotopic (exact) mass is 295 g/mol. The number of rotatable bonds is 3. The molecule has 0 fully saturated rings. The minimum atomic E-state index is -4.29. The fourth-order valence-electron chi connectivity index (χ4n) is 1.91. The molecule has 106 valence electrons. The molecule has 2 rings (SSSR count). The number of fused-ring (bicyclic) bond motifs is 1. The average Bonchev–Trinajstić information content (AvgIpc) is 2.40. The quantitative estimate of drug-likeness (QED) is 0.512. The Balaban J connectivity index is 2.88. The van der Waals surface area contributed by atoms with Gasteiger partial charge in [-0.15, -0.1) is 0 Å². The first kappa shape index (κ1) is 14.2. The zero-order valence-electron chi connectivity index (χ0n) is 10.9. The van der Waals surface area contributed by atoms with Gasteiger partial charge in [0.1, 0.15) is 11.4 Å². The van der Waals surface area contributed by atoms with Gasteiger partial charge in [0.25, 0.3) is 10.1 Å².